The van der Waals surface area contributed by atoms with Crippen molar-refractivity contribution in [1.82, 2.24) is 0 Å². The van der Waals surface area contributed by atoms with Crippen LogP contribution in [0.2, 0.25) is 0 Å². The minimum atomic E-state index is -0.988. The van der Waals surface area contributed by atoms with Crippen LogP contribution < -0.4 is 0 Å². The average molecular weight is 266 g/mol. The van der Waals surface area contributed by atoms with Crippen molar-refractivity contribution in [3.8, 4) is 0 Å². The van der Waals surface area contributed by atoms with Gasteiger partial charge in [0.25, 0.3) is 0 Å². The highest BCUT2D eigenvalue weighted by atomic mass is 16.8. The fourth-order valence-electron chi connectivity index (χ4n) is 2.67. The predicted molar refractivity (Wildman–Crippen MR) is 66.3 cm³/mol. The van der Waals surface area contributed by atoms with E-state index >= 15 is 0 Å². The van der Waals surface area contributed by atoms with Gasteiger partial charge in [-0.25, -0.2) is 0 Å². The maximum absolute atomic E-state index is 10.2. The smallest absolute Gasteiger partial charge is 0.195 e. The molecular weight excluding hydrogens is 248 g/mol. The van der Waals surface area contributed by atoms with Gasteiger partial charge in [-0.2, -0.15) is 0 Å². The Balaban J connectivity index is 1.70. The lowest BCUT2D eigenvalue weighted by atomic mass is 10.0. The lowest BCUT2D eigenvalue weighted by molar-refractivity contribution is -0.303. The van der Waals surface area contributed by atoms with Crippen molar-refractivity contribution in [3.05, 3.63) is 35.9 Å². The maximum Gasteiger partial charge on any atom is 0.195 e. The van der Waals surface area contributed by atoms with Gasteiger partial charge in [0.15, 0.2) is 5.79 Å². The third-order valence-corrected chi connectivity index (χ3v) is 3.73. The molecule has 104 valence electrons. The summed E-state index contributed by atoms with van der Waals surface area (Å²) in [6.07, 6.45) is -2.94. The second kappa shape index (κ2) is 4.85. The second-order valence-corrected chi connectivity index (χ2v) is 5.18. The summed E-state index contributed by atoms with van der Waals surface area (Å²) in [6.45, 7) is 2.26. The molecule has 2 bridgehead atoms. The van der Waals surface area contributed by atoms with Crippen LogP contribution in [0.4, 0.5) is 0 Å². The van der Waals surface area contributed by atoms with Crippen LogP contribution in [0.1, 0.15) is 12.5 Å². The quantitative estimate of drug-likeness (QED) is 0.831. The van der Waals surface area contributed by atoms with E-state index in [2.05, 4.69) is 0 Å². The summed E-state index contributed by atoms with van der Waals surface area (Å²) in [5.74, 6) is -0.988. The van der Waals surface area contributed by atoms with Gasteiger partial charge < -0.3 is 24.4 Å². The first-order valence-electron chi connectivity index (χ1n) is 6.43. The zero-order valence-corrected chi connectivity index (χ0v) is 10.7. The largest absolute Gasteiger partial charge is 0.388 e. The SMILES string of the molecule is C[C@@]12OC[C@@H](O)[C@@H](O1)[C@H](O)[C@@H]2OCc1ccccc1. The van der Waals surface area contributed by atoms with Crippen LogP contribution in [0.25, 0.3) is 0 Å². The molecule has 0 spiro atoms. The van der Waals surface area contributed by atoms with Gasteiger partial charge in [-0.1, -0.05) is 30.3 Å². The molecule has 0 aliphatic carbocycles. The molecule has 3 rings (SSSR count). The van der Waals surface area contributed by atoms with Crippen LogP contribution in [0.15, 0.2) is 30.3 Å². The van der Waals surface area contributed by atoms with Crippen LogP contribution in [-0.4, -0.2) is 47.0 Å². The molecule has 0 amide bonds. The van der Waals surface area contributed by atoms with Gasteiger partial charge >= 0.3 is 0 Å². The lowest BCUT2D eigenvalue weighted by Gasteiger charge is -2.34. The molecule has 0 unspecified atom stereocenters. The normalized spacial score (nSPS) is 41.4. The Morgan fingerprint density at radius 2 is 2.05 bits per heavy atom. The number of aliphatic hydroxyl groups excluding tert-OH is 2. The van der Waals surface area contributed by atoms with Gasteiger partial charge in [0, 0.05) is 0 Å². The van der Waals surface area contributed by atoms with E-state index in [0.717, 1.165) is 5.56 Å². The monoisotopic (exact) mass is 266 g/mol. The van der Waals surface area contributed by atoms with Crippen LogP contribution >= 0.6 is 0 Å². The van der Waals surface area contributed by atoms with E-state index < -0.39 is 30.2 Å². The van der Waals surface area contributed by atoms with E-state index in [-0.39, 0.29) is 6.61 Å². The van der Waals surface area contributed by atoms with E-state index in [4.69, 9.17) is 14.2 Å². The maximum atomic E-state index is 10.2. The van der Waals surface area contributed by atoms with Crippen molar-refractivity contribution in [3.63, 3.8) is 0 Å². The van der Waals surface area contributed by atoms with Gasteiger partial charge in [0.2, 0.25) is 0 Å². The molecule has 0 aromatic heterocycles. The summed E-state index contributed by atoms with van der Waals surface area (Å²) in [6, 6.07) is 9.70. The molecule has 0 saturated carbocycles. The number of rotatable bonds is 3. The molecule has 5 heteroatoms. The molecule has 1 aromatic carbocycles. The highest BCUT2D eigenvalue weighted by Gasteiger charge is 2.59. The van der Waals surface area contributed by atoms with Gasteiger partial charge in [-0.05, 0) is 12.5 Å². The fraction of sp³-hybridized carbons (Fsp3) is 0.571. The molecule has 19 heavy (non-hydrogen) atoms. The van der Waals surface area contributed by atoms with Crippen molar-refractivity contribution in [2.24, 2.45) is 0 Å². The van der Waals surface area contributed by atoms with E-state index in [1.54, 1.807) is 6.92 Å². The summed E-state index contributed by atoms with van der Waals surface area (Å²) in [5, 5.41) is 19.9. The van der Waals surface area contributed by atoms with Gasteiger partial charge in [0.05, 0.1) is 13.2 Å². The molecule has 2 aliphatic rings. The fourth-order valence-corrected chi connectivity index (χ4v) is 2.67. The van der Waals surface area contributed by atoms with Crippen molar-refractivity contribution in [2.45, 2.75) is 43.7 Å². The molecule has 2 heterocycles. The first-order chi connectivity index (χ1) is 9.10. The number of benzene rings is 1. The number of hydrogen-bond donors (Lipinski definition) is 2. The van der Waals surface area contributed by atoms with Crippen molar-refractivity contribution < 1.29 is 24.4 Å². The first-order valence-corrected chi connectivity index (χ1v) is 6.43. The Morgan fingerprint density at radius 3 is 2.74 bits per heavy atom. The Kier molecular flexibility index (Phi) is 3.32. The highest BCUT2D eigenvalue weighted by Crippen LogP contribution is 2.39. The summed E-state index contributed by atoms with van der Waals surface area (Å²) in [7, 11) is 0. The summed E-state index contributed by atoms with van der Waals surface area (Å²) in [4.78, 5) is 0. The Labute approximate surface area is 111 Å². The summed E-state index contributed by atoms with van der Waals surface area (Å²) in [5.41, 5.74) is 1.01. The molecule has 1 aromatic rings. The molecule has 5 nitrogen and oxygen atoms in total. The van der Waals surface area contributed by atoms with Crippen LogP contribution in [-0.2, 0) is 20.8 Å². The number of hydrogen-bond acceptors (Lipinski definition) is 5. The van der Waals surface area contributed by atoms with E-state index in [1.807, 2.05) is 30.3 Å². The van der Waals surface area contributed by atoms with Crippen LogP contribution in [0, 0.1) is 0 Å². The number of aliphatic hydroxyl groups is 2. The predicted octanol–water partition coefficient (Wildman–Crippen LogP) is 0.439. The zero-order chi connectivity index (χ0) is 13.5. The topological polar surface area (TPSA) is 68.2 Å². The molecular formula is C14H18O5. The number of ether oxygens (including phenoxy) is 3. The van der Waals surface area contributed by atoms with E-state index in [0.29, 0.717) is 6.61 Å². The Hall–Kier alpha value is -0.980. The molecule has 0 radical (unpaired) electrons. The Morgan fingerprint density at radius 1 is 1.32 bits per heavy atom. The van der Waals surface area contributed by atoms with Crippen LogP contribution in [0.3, 0.4) is 0 Å². The zero-order valence-electron chi connectivity index (χ0n) is 10.7. The minimum absolute atomic E-state index is 0.156. The number of fused-ring (bicyclic) bond motifs is 2. The lowest BCUT2D eigenvalue weighted by Crippen LogP contribution is -2.47. The van der Waals surface area contributed by atoms with Gasteiger partial charge in [-0.3, -0.25) is 0 Å². The minimum Gasteiger partial charge on any atom is -0.388 e. The summed E-state index contributed by atoms with van der Waals surface area (Å²) < 4.78 is 16.8. The molecule has 5 atom stereocenters. The highest BCUT2D eigenvalue weighted by molar-refractivity contribution is 5.13. The average Bonchev–Trinajstić information content (AvgIpc) is 2.63. The van der Waals surface area contributed by atoms with Crippen molar-refractivity contribution >= 4 is 0 Å². The Bertz CT molecular complexity index is 437. The van der Waals surface area contributed by atoms with Crippen molar-refractivity contribution in [2.75, 3.05) is 6.61 Å². The van der Waals surface area contributed by atoms with Crippen LogP contribution in [0.5, 0.6) is 0 Å². The third-order valence-electron chi connectivity index (χ3n) is 3.73. The molecule has 2 aliphatic heterocycles. The van der Waals surface area contributed by atoms with Crippen molar-refractivity contribution in [1.29, 1.82) is 0 Å². The standard InChI is InChI=1S/C14H18O5/c1-14-13(17-7-9-5-3-2-4-6-9)11(16)12(19-14)10(15)8-18-14/h2-6,10-13,15-16H,7-8H2,1H3/t10-,11+,12-,13+,14-/m1/s1. The summed E-state index contributed by atoms with van der Waals surface area (Å²) >= 11 is 0. The van der Waals surface area contributed by atoms with E-state index in [9.17, 15) is 10.2 Å². The van der Waals surface area contributed by atoms with Gasteiger partial charge in [0.1, 0.15) is 24.4 Å². The third kappa shape index (κ3) is 2.28. The molecule has 2 N–H and O–H groups in total. The van der Waals surface area contributed by atoms with Gasteiger partial charge in [-0.15, -0.1) is 0 Å². The molecule has 2 saturated heterocycles. The van der Waals surface area contributed by atoms with E-state index in [1.165, 1.54) is 0 Å². The second-order valence-electron chi connectivity index (χ2n) is 5.18. The first kappa shape index (κ1) is 13.0. The molecule has 2 fully saturated rings.